The summed E-state index contributed by atoms with van der Waals surface area (Å²) in [6.07, 6.45) is 7.71. The van der Waals surface area contributed by atoms with E-state index in [1.165, 1.54) is 33.5 Å². The number of nitrogens with zero attached hydrogens (tertiary/aromatic N) is 1. The number of hydrogen-bond acceptors (Lipinski definition) is 3. The van der Waals surface area contributed by atoms with Gasteiger partial charge in [-0.15, -0.1) is 0 Å². The summed E-state index contributed by atoms with van der Waals surface area (Å²) in [5, 5.41) is 3.81. The second kappa shape index (κ2) is 10.6. The van der Waals surface area contributed by atoms with Crippen molar-refractivity contribution in [2.75, 3.05) is 5.32 Å². The molecule has 2 aliphatic rings. The van der Waals surface area contributed by atoms with Gasteiger partial charge in [0.05, 0.1) is 11.7 Å². The summed E-state index contributed by atoms with van der Waals surface area (Å²) >= 11 is 3.60. The first-order valence-corrected chi connectivity index (χ1v) is 14.0. The number of fused-ring (bicyclic) bond motifs is 3. The number of benzene rings is 4. The van der Waals surface area contributed by atoms with E-state index in [1.54, 1.807) is 0 Å². The van der Waals surface area contributed by atoms with E-state index in [-0.39, 0.29) is 0 Å². The van der Waals surface area contributed by atoms with Gasteiger partial charge in [-0.05, 0) is 79.3 Å². The van der Waals surface area contributed by atoms with E-state index in [0.717, 1.165) is 27.9 Å². The standard InChI is InChI=1S/C34H31BrN2O/c1-22-16-23(2)18-24(17-22)21-38-33-15-12-27(35)19-26(33)20-36-28-13-10-25(11-14-28)34-31-8-5-7-29(31)30-6-3-4-9-32(30)37-34/h3-7,9-20,29,31,34,37H,8,21H2,1-2H3/t29-,31-,34-/m0/s1. The van der Waals surface area contributed by atoms with Crippen molar-refractivity contribution in [2.45, 2.75) is 38.8 Å². The van der Waals surface area contributed by atoms with Crippen LogP contribution in [0.3, 0.4) is 0 Å². The molecule has 0 saturated carbocycles. The minimum absolute atomic E-state index is 0.290. The molecule has 0 aromatic heterocycles. The van der Waals surface area contributed by atoms with E-state index in [2.05, 4.69) is 114 Å². The lowest BCUT2D eigenvalue weighted by molar-refractivity contribution is 0.305. The summed E-state index contributed by atoms with van der Waals surface area (Å²) in [6, 6.07) is 30.2. The molecule has 0 spiro atoms. The number of ether oxygens (including phenoxy) is 1. The summed E-state index contributed by atoms with van der Waals surface area (Å²) in [5.74, 6) is 1.84. The Kier molecular flexibility index (Phi) is 6.90. The van der Waals surface area contributed by atoms with E-state index < -0.39 is 0 Å². The average molecular weight is 564 g/mol. The molecule has 6 rings (SSSR count). The number of aryl methyl sites for hydroxylation is 2. The van der Waals surface area contributed by atoms with Crippen molar-refractivity contribution in [1.82, 2.24) is 0 Å². The van der Waals surface area contributed by atoms with Crippen LogP contribution in [0, 0.1) is 19.8 Å². The molecule has 1 N–H and O–H groups in total. The zero-order chi connectivity index (χ0) is 26.1. The second-order valence-electron chi connectivity index (χ2n) is 10.4. The predicted octanol–water partition coefficient (Wildman–Crippen LogP) is 9.22. The topological polar surface area (TPSA) is 33.6 Å². The van der Waals surface area contributed by atoms with Gasteiger partial charge in [-0.2, -0.15) is 0 Å². The molecule has 3 nitrogen and oxygen atoms in total. The number of para-hydroxylation sites is 1. The van der Waals surface area contributed by atoms with E-state index in [0.29, 0.717) is 24.5 Å². The van der Waals surface area contributed by atoms with Crippen molar-refractivity contribution >= 4 is 33.5 Å². The first kappa shape index (κ1) is 24.7. The van der Waals surface area contributed by atoms with Crippen LogP contribution in [0.5, 0.6) is 5.75 Å². The van der Waals surface area contributed by atoms with Crippen molar-refractivity contribution < 1.29 is 4.74 Å². The molecule has 4 aromatic carbocycles. The third kappa shape index (κ3) is 5.19. The lowest BCUT2D eigenvalue weighted by Crippen LogP contribution is -2.28. The van der Waals surface area contributed by atoms with Gasteiger partial charge in [0.25, 0.3) is 0 Å². The van der Waals surface area contributed by atoms with Gasteiger partial charge < -0.3 is 10.1 Å². The Morgan fingerprint density at radius 1 is 0.947 bits per heavy atom. The number of rotatable bonds is 6. The first-order valence-electron chi connectivity index (χ1n) is 13.2. The largest absolute Gasteiger partial charge is 0.488 e. The highest BCUT2D eigenvalue weighted by Crippen LogP contribution is 2.49. The highest BCUT2D eigenvalue weighted by molar-refractivity contribution is 9.10. The highest BCUT2D eigenvalue weighted by atomic mass is 79.9. The highest BCUT2D eigenvalue weighted by Gasteiger charge is 2.37. The van der Waals surface area contributed by atoms with Gasteiger partial charge in [0.2, 0.25) is 0 Å². The van der Waals surface area contributed by atoms with Crippen LogP contribution in [-0.2, 0) is 6.61 Å². The SMILES string of the molecule is Cc1cc(C)cc(COc2ccc(Br)cc2C=Nc2ccc([C@@H]3Nc4ccccc4[C@@H]4C=CC[C@@H]43)cc2)c1. The van der Waals surface area contributed by atoms with Crippen LogP contribution in [0.4, 0.5) is 11.4 Å². The molecule has 0 saturated heterocycles. The maximum absolute atomic E-state index is 6.22. The molecular weight excluding hydrogens is 532 g/mol. The Morgan fingerprint density at radius 2 is 1.74 bits per heavy atom. The summed E-state index contributed by atoms with van der Waals surface area (Å²) in [5.41, 5.74) is 9.49. The van der Waals surface area contributed by atoms with Crippen molar-refractivity contribution in [3.8, 4) is 5.75 Å². The number of hydrogen-bond donors (Lipinski definition) is 1. The zero-order valence-electron chi connectivity index (χ0n) is 21.7. The summed E-state index contributed by atoms with van der Waals surface area (Å²) in [4.78, 5) is 4.79. The normalized spacial score (nSPS) is 19.7. The van der Waals surface area contributed by atoms with Crippen LogP contribution in [0.15, 0.2) is 107 Å². The number of nitrogens with one attached hydrogen (secondary N) is 1. The molecule has 0 fully saturated rings. The van der Waals surface area contributed by atoms with Crippen LogP contribution >= 0.6 is 15.9 Å². The molecule has 4 heteroatoms. The Balaban J connectivity index is 1.19. The zero-order valence-corrected chi connectivity index (χ0v) is 23.3. The van der Waals surface area contributed by atoms with Crippen LogP contribution in [-0.4, -0.2) is 6.21 Å². The van der Waals surface area contributed by atoms with Crippen molar-refractivity contribution in [1.29, 1.82) is 0 Å². The van der Waals surface area contributed by atoms with Crippen molar-refractivity contribution in [3.05, 3.63) is 135 Å². The summed E-state index contributed by atoms with van der Waals surface area (Å²) < 4.78 is 7.21. The Labute approximate surface area is 233 Å². The molecule has 0 unspecified atom stereocenters. The van der Waals surface area contributed by atoms with Crippen LogP contribution in [0.1, 0.15) is 51.8 Å². The Morgan fingerprint density at radius 3 is 2.55 bits per heavy atom. The molecule has 0 radical (unpaired) electrons. The fourth-order valence-electron chi connectivity index (χ4n) is 5.85. The summed E-state index contributed by atoms with van der Waals surface area (Å²) in [6.45, 7) is 4.76. The van der Waals surface area contributed by atoms with Crippen LogP contribution in [0.2, 0.25) is 0 Å². The van der Waals surface area contributed by atoms with Crippen molar-refractivity contribution in [3.63, 3.8) is 0 Å². The van der Waals surface area contributed by atoms with E-state index in [4.69, 9.17) is 9.73 Å². The maximum Gasteiger partial charge on any atom is 0.128 e. The molecule has 1 aliphatic heterocycles. The lowest BCUT2D eigenvalue weighted by atomic mass is 9.77. The van der Waals surface area contributed by atoms with E-state index in [9.17, 15) is 0 Å². The molecular formula is C34H31BrN2O. The molecule has 190 valence electrons. The van der Waals surface area contributed by atoms with Gasteiger partial charge in [0.1, 0.15) is 12.4 Å². The third-order valence-electron chi connectivity index (χ3n) is 7.52. The lowest BCUT2D eigenvalue weighted by Gasteiger charge is -2.37. The van der Waals surface area contributed by atoms with Gasteiger partial charge in [-0.3, -0.25) is 4.99 Å². The molecule has 0 amide bonds. The monoisotopic (exact) mass is 562 g/mol. The van der Waals surface area contributed by atoms with Crippen molar-refractivity contribution in [2.24, 2.45) is 10.9 Å². The van der Waals surface area contributed by atoms with E-state index >= 15 is 0 Å². The fourth-order valence-corrected chi connectivity index (χ4v) is 6.23. The van der Waals surface area contributed by atoms with Crippen LogP contribution < -0.4 is 10.1 Å². The number of halogens is 1. The van der Waals surface area contributed by atoms with Gasteiger partial charge in [-0.25, -0.2) is 0 Å². The molecule has 1 heterocycles. The molecule has 38 heavy (non-hydrogen) atoms. The number of anilines is 1. The number of allylic oxidation sites excluding steroid dienone is 2. The minimum atomic E-state index is 0.290. The molecule has 3 atom stereocenters. The fraction of sp³-hybridized carbons (Fsp3) is 0.206. The summed E-state index contributed by atoms with van der Waals surface area (Å²) in [7, 11) is 0. The molecule has 0 bridgehead atoms. The predicted molar refractivity (Wildman–Crippen MR) is 161 cm³/mol. The van der Waals surface area contributed by atoms with Gasteiger partial charge in [0, 0.05) is 27.9 Å². The molecule has 1 aliphatic carbocycles. The van der Waals surface area contributed by atoms with Gasteiger partial charge >= 0.3 is 0 Å². The maximum atomic E-state index is 6.22. The first-order chi connectivity index (χ1) is 18.5. The second-order valence-corrected chi connectivity index (χ2v) is 11.3. The van der Waals surface area contributed by atoms with Crippen LogP contribution in [0.25, 0.3) is 0 Å². The Bertz CT molecular complexity index is 1500. The van der Waals surface area contributed by atoms with E-state index in [1.807, 2.05) is 24.4 Å². The van der Waals surface area contributed by atoms with Gasteiger partial charge in [0.15, 0.2) is 0 Å². The number of aliphatic imine (C=N–C) groups is 1. The Hall–Kier alpha value is -3.63. The average Bonchev–Trinajstić information content (AvgIpc) is 3.41. The quantitative estimate of drug-likeness (QED) is 0.187. The third-order valence-corrected chi connectivity index (χ3v) is 8.02. The smallest absolute Gasteiger partial charge is 0.128 e. The minimum Gasteiger partial charge on any atom is -0.488 e. The van der Waals surface area contributed by atoms with Gasteiger partial charge in [-0.1, -0.05) is 87.7 Å². The molecule has 4 aromatic rings.